The van der Waals surface area contributed by atoms with Crippen LogP contribution < -0.4 is 11.4 Å². The first kappa shape index (κ1) is 7.84. The van der Waals surface area contributed by atoms with E-state index in [1.54, 1.807) is 7.05 Å². The third kappa shape index (κ3) is 0.923. The van der Waals surface area contributed by atoms with Gasteiger partial charge in [-0.1, -0.05) is 0 Å². The first-order chi connectivity index (χ1) is 5.09. The van der Waals surface area contributed by atoms with Gasteiger partial charge in [0.1, 0.15) is 0 Å². The number of nitrogens with zero attached hydrogens (tertiary/aromatic N) is 3. The van der Waals surface area contributed by atoms with Crippen LogP contribution in [-0.2, 0) is 20.6 Å². The van der Waals surface area contributed by atoms with Crippen LogP contribution in [0.25, 0.3) is 0 Å². The van der Waals surface area contributed by atoms with Crippen LogP contribution in [0.2, 0.25) is 0 Å². The van der Waals surface area contributed by atoms with Gasteiger partial charge in [-0.3, -0.25) is 0 Å². The molecule has 62 valence electrons. The first-order valence-corrected chi connectivity index (χ1v) is 3.42. The van der Waals surface area contributed by atoms with Crippen molar-refractivity contribution in [2.24, 2.45) is 14.1 Å². The van der Waals surface area contributed by atoms with Crippen LogP contribution in [0.1, 0.15) is 6.92 Å². The van der Waals surface area contributed by atoms with Gasteiger partial charge < -0.3 is 0 Å². The second-order valence-corrected chi connectivity index (χ2v) is 2.36. The molecular formula is C6H11N3O2. The van der Waals surface area contributed by atoms with Crippen LogP contribution >= 0.6 is 0 Å². The SMILES string of the molecule is CCn1c(=O)n(C)c(=O)n1C. The molecule has 0 saturated carbocycles. The molecule has 0 fully saturated rings. The number of hydrogen-bond donors (Lipinski definition) is 0. The second kappa shape index (κ2) is 2.41. The molecule has 1 rings (SSSR count). The molecule has 5 heteroatoms. The molecule has 1 heterocycles. The molecule has 0 N–H and O–H groups in total. The summed E-state index contributed by atoms with van der Waals surface area (Å²) in [5, 5.41) is 0. The topological polar surface area (TPSA) is 48.9 Å². The monoisotopic (exact) mass is 157 g/mol. The van der Waals surface area contributed by atoms with Crippen molar-refractivity contribution < 1.29 is 0 Å². The van der Waals surface area contributed by atoms with Gasteiger partial charge in [-0.2, -0.15) is 0 Å². The molecule has 0 unspecified atom stereocenters. The minimum atomic E-state index is -0.281. The molecule has 0 spiro atoms. The summed E-state index contributed by atoms with van der Waals surface area (Å²) in [4.78, 5) is 22.2. The highest BCUT2D eigenvalue weighted by Gasteiger charge is 2.06. The summed E-state index contributed by atoms with van der Waals surface area (Å²) in [6.45, 7) is 2.34. The Morgan fingerprint density at radius 3 is 1.91 bits per heavy atom. The van der Waals surface area contributed by atoms with E-state index in [4.69, 9.17) is 0 Å². The molecule has 0 radical (unpaired) electrons. The molecule has 0 amide bonds. The normalized spacial score (nSPS) is 10.5. The fraction of sp³-hybridized carbons (Fsp3) is 0.667. The van der Waals surface area contributed by atoms with E-state index in [0.29, 0.717) is 6.54 Å². The summed E-state index contributed by atoms with van der Waals surface area (Å²) in [6.07, 6.45) is 0. The minimum Gasteiger partial charge on any atom is -0.246 e. The van der Waals surface area contributed by atoms with E-state index in [2.05, 4.69) is 0 Å². The second-order valence-electron chi connectivity index (χ2n) is 2.36. The lowest BCUT2D eigenvalue weighted by Gasteiger charge is -1.97. The van der Waals surface area contributed by atoms with E-state index in [0.717, 1.165) is 4.57 Å². The van der Waals surface area contributed by atoms with Crippen LogP contribution in [0, 0.1) is 0 Å². The average Bonchev–Trinajstić information content (AvgIpc) is 2.17. The zero-order valence-electron chi connectivity index (χ0n) is 6.87. The maximum atomic E-state index is 11.1. The predicted molar refractivity (Wildman–Crippen MR) is 40.6 cm³/mol. The summed E-state index contributed by atoms with van der Waals surface area (Å²) < 4.78 is 3.77. The van der Waals surface area contributed by atoms with Gasteiger partial charge in [0, 0.05) is 20.6 Å². The maximum absolute atomic E-state index is 11.1. The van der Waals surface area contributed by atoms with E-state index in [9.17, 15) is 9.59 Å². The average molecular weight is 157 g/mol. The third-order valence-electron chi connectivity index (χ3n) is 1.73. The van der Waals surface area contributed by atoms with Gasteiger partial charge >= 0.3 is 11.4 Å². The largest absolute Gasteiger partial charge is 0.346 e. The molecule has 0 bridgehead atoms. The Bertz CT molecular complexity index is 368. The van der Waals surface area contributed by atoms with Gasteiger partial charge in [0.2, 0.25) is 0 Å². The van der Waals surface area contributed by atoms with E-state index in [-0.39, 0.29) is 11.4 Å². The Balaban J connectivity index is 3.62. The van der Waals surface area contributed by atoms with Gasteiger partial charge in [0.15, 0.2) is 0 Å². The summed E-state index contributed by atoms with van der Waals surface area (Å²) >= 11 is 0. The highest BCUT2D eigenvalue weighted by atomic mass is 16.2. The Kier molecular flexibility index (Phi) is 1.72. The summed E-state index contributed by atoms with van der Waals surface area (Å²) in [6, 6.07) is 0. The van der Waals surface area contributed by atoms with Gasteiger partial charge in [-0.05, 0) is 6.92 Å². The van der Waals surface area contributed by atoms with Crippen molar-refractivity contribution in [3.05, 3.63) is 21.0 Å². The van der Waals surface area contributed by atoms with Gasteiger partial charge in [-0.15, -0.1) is 0 Å². The van der Waals surface area contributed by atoms with Gasteiger partial charge in [-0.25, -0.2) is 23.5 Å². The quantitative estimate of drug-likeness (QED) is 0.520. The van der Waals surface area contributed by atoms with Crippen LogP contribution in [-0.4, -0.2) is 13.9 Å². The fourth-order valence-electron chi connectivity index (χ4n) is 1.05. The molecule has 0 aliphatic heterocycles. The molecule has 0 aliphatic rings. The number of aromatic nitrogens is 3. The lowest BCUT2D eigenvalue weighted by molar-refractivity contribution is 0.508. The lowest BCUT2D eigenvalue weighted by atomic mass is 10.8. The van der Waals surface area contributed by atoms with Gasteiger partial charge in [0.25, 0.3) is 0 Å². The number of rotatable bonds is 1. The summed E-state index contributed by atoms with van der Waals surface area (Å²) in [7, 11) is 3.05. The molecule has 0 aliphatic carbocycles. The van der Waals surface area contributed by atoms with Crippen LogP contribution in [0.5, 0.6) is 0 Å². The Morgan fingerprint density at radius 2 is 1.73 bits per heavy atom. The van der Waals surface area contributed by atoms with E-state index < -0.39 is 0 Å². The van der Waals surface area contributed by atoms with Crippen molar-refractivity contribution in [1.82, 2.24) is 13.9 Å². The van der Waals surface area contributed by atoms with Crippen LogP contribution in [0.3, 0.4) is 0 Å². The molecule has 0 atom stereocenters. The fourth-order valence-corrected chi connectivity index (χ4v) is 1.05. The van der Waals surface area contributed by atoms with Gasteiger partial charge in [0.05, 0.1) is 0 Å². The highest BCUT2D eigenvalue weighted by Crippen LogP contribution is 1.73. The lowest BCUT2D eigenvalue weighted by Crippen LogP contribution is -2.25. The molecule has 0 saturated heterocycles. The van der Waals surface area contributed by atoms with E-state index in [1.165, 1.54) is 16.4 Å². The van der Waals surface area contributed by atoms with Crippen molar-refractivity contribution in [3.63, 3.8) is 0 Å². The maximum Gasteiger partial charge on any atom is 0.346 e. The molecule has 1 aromatic heterocycles. The summed E-state index contributed by atoms with van der Waals surface area (Å²) in [5.41, 5.74) is -0.545. The standard InChI is InChI=1S/C6H11N3O2/c1-4-9-6(11)7(2)5(10)8(9)3/h4H2,1-3H3. The Labute approximate surface area is 63.5 Å². The Hall–Kier alpha value is -1.26. The van der Waals surface area contributed by atoms with Crippen LogP contribution in [0.4, 0.5) is 0 Å². The van der Waals surface area contributed by atoms with E-state index >= 15 is 0 Å². The molecule has 0 aromatic carbocycles. The molecule has 1 aromatic rings. The van der Waals surface area contributed by atoms with E-state index in [1.807, 2.05) is 6.92 Å². The number of hydrogen-bond acceptors (Lipinski definition) is 2. The summed E-state index contributed by atoms with van der Waals surface area (Å²) in [5.74, 6) is 0. The van der Waals surface area contributed by atoms with Crippen molar-refractivity contribution in [3.8, 4) is 0 Å². The Morgan fingerprint density at radius 1 is 1.18 bits per heavy atom. The predicted octanol–water partition coefficient (Wildman–Crippen LogP) is -1.09. The van der Waals surface area contributed by atoms with Crippen molar-refractivity contribution >= 4 is 0 Å². The van der Waals surface area contributed by atoms with Crippen LogP contribution in [0.15, 0.2) is 9.59 Å². The molecular weight excluding hydrogens is 146 g/mol. The third-order valence-corrected chi connectivity index (χ3v) is 1.73. The van der Waals surface area contributed by atoms with Crippen molar-refractivity contribution in [2.45, 2.75) is 13.5 Å². The molecule has 11 heavy (non-hydrogen) atoms. The highest BCUT2D eigenvalue weighted by molar-refractivity contribution is 4.69. The first-order valence-electron chi connectivity index (χ1n) is 3.42. The zero-order valence-corrected chi connectivity index (χ0v) is 6.87. The smallest absolute Gasteiger partial charge is 0.246 e. The van der Waals surface area contributed by atoms with Crippen molar-refractivity contribution in [1.29, 1.82) is 0 Å². The minimum absolute atomic E-state index is 0.264. The zero-order chi connectivity index (χ0) is 8.59. The molecule has 5 nitrogen and oxygen atoms in total. The van der Waals surface area contributed by atoms with Crippen molar-refractivity contribution in [2.75, 3.05) is 0 Å².